The lowest BCUT2D eigenvalue weighted by Crippen LogP contribution is -2.21. The van der Waals surface area contributed by atoms with Crippen LogP contribution in [0.15, 0.2) is 218 Å². The quantitative estimate of drug-likeness (QED) is 0.0189. The number of phenolic OH excluding ortho intramolecular Hbond substituents is 2. The normalized spacial score (nSPS) is 12.6. The van der Waals surface area contributed by atoms with Crippen molar-refractivity contribution < 1.29 is 72.3 Å². The first-order valence-corrected chi connectivity index (χ1v) is 43.0. The molecule has 0 saturated heterocycles. The third-order valence-corrected chi connectivity index (χ3v) is 21.3. The molecule has 9 aromatic carbocycles. The lowest BCUT2D eigenvalue weighted by Gasteiger charge is -2.23. The fraction of sp³-hybridized carbons (Fsp3) is 0.534. The van der Waals surface area contributed by atoms with Crippen LogP contribution in [0.1, 0.15) is 369 Å². The number of esters is 1. The number of carboxylic acids is 1. The summed E-state index contributed by atoms with van der Waals surface area (Å²) in [5.41, 5.74) is 6.63. The second-order valence-electron chi connectivity index (χ2n) is 30.2. The minimum absolute atomic E-state index is 0. The summed E-state index contributed by atoms with van der Waals surface area (Å²) in [5.74, 6) is 9.32. The van der Waals surface area contributed by atoms with Crippen molar-refractivity contribution in [2.45, 2.75) is 360 Å². The molecule has 15 heteroatoms. The number of rotatable bonds is 37. The second kappa shape index (κ2) is 84.7. The number of carbonyl (C=O) groups is 2. The van der Waals surface area contributed by atoms with Crippen LogP contribution in [0.2, 0.25) is 0 Å². The van der Waals surface area contributed by atoms with E-state index >= 15 is 0 Å². The SMILES string of the molecule is C.C.C.C.C.C.C.C.C.C.C.C.C.C.CCC(C)C(=O)O.CCC(C)C(=O)OC.CCC(C)c1ccc(O)cc1.CCC(C)c1ccc(O)cc1.CCC(C)c1ccc(OC(C)OCCOc2ccc(Oc3ccccc3)cc2)cc1.CCC(C)c1ccc(OC(C)OCCOc2cccc3ccccc23)cc1.CCC(OCCC1CCCCC1)Oc1ccc(C(C)CC)cc1. The molecule has 9 aromatic rings. The molecule has 0 aromatic heterocycles. The standard InChI is InChI=1S/C26H30O4.C24H28O3.C21H34O2.2C10H14O.C6H12O2.C5H10O2.14CH4/c1-4-20(2)22-10-12-25(13-11-22)29-21(3)27-18-19-28-23-14-16-26(17-15-23)30-24-8-6-5-7-9-24;1-4-18(2)20-12-14-22(15-13-20)27-19(3)25-16-17-26-24-11-7-9-21-8-5-6-10-23(21)24;1-4-17(3)19-11-13-20(14-12-19)23-21(5-2)22-16-15-18-9-7-6-8-10-18;2*1-3-8(2)9-4-6-10(11)7-5-9;1-4-5(2)6(7)8-3;1-3-4(2)5(6)7;;;;;;;;;;;;;;/h5-17,20-21H,4,18-19H2,1-3H3;5-15,18-19H,4,16-17H2,1-3H3;11-14,17-18,21H,4-10,15-16H2,1-3H3;2*4-8,11H,3H2,1-2H3;5H,4H2,1-3H3;4H,3H2,1-2H3,(H,6,7);14*1H4. The van der Waals surface area contributed by atoms with Gasteiger partial charge in [0.1, 0.15) is 65.0 Å². The summed E-state index contributed by atoms with van der Waals surface area (Å²) in [6.45, 7) is 38.0. The number of para-hydroxylation sites is 1. The molecule has 0 bridgehead atoms. The molecule has 1 aliphatic rings. The molecule has 0 heterocycles. The molecule has 752 valence electrons. The van der Waals surface area contributed by atoms with Crippen molar-refractivity contribution in [1.82, 2.24) is 0 Å². The Labute approximate surface area is 806 Å². The van der Waals surface area contributed by atoms with Crippen molar-refractivity contribution >= 4 is 22.7 Å². The highest BCUT2D eigenvalue weighted by atomic mass is 16.7. The van der Waals surface area contributed by atoms with Gasteiger partial charge in [-0.15, -0.1) is 0 Å². The Bertz CT molecular complexity index is 3940. The van der Waals surface area contributed by atoms with Crippen LogP contribution in [-0.2, 0) is 28.5 Å². The van der Waals surface area contributed by atoms with Gasteiger partial charge in [0.15, 0.2) is 18.9 Å². The van der Waals surface area contributed by atoms with E-state index in [0.717, 1.165) is 103 Å². The van der Waals surface area contributed by atoms with Crippen LogP contribution in [0.4, 0.5) is 0 Å². The van der Waals surface area contributed by atoms with Gasteiger partial charge in [0.05, 0.1) is 38.8 Å². The van der Waals surface area contributed by atoms with E-state index in [4.69, 9.17) is 58.0 Å². The molecule has 0 amide bonds. The van der Waals surface area contributed by atoms with E-state index in [9.17, 15) is 9.59 Å². The van der Waals surface area contributed by atoms with Gasteiger partial charge in [-0.25, -0.2) is 0 Å². The maximum atomic E-state index is 10.5. The third kappa shape index (κ3) is 58.9. The summed E-state index contributed by atoms with van der Waals surface area (Å²) < 4.78 is 56.9. The van der Waals surface area contributed by atoms with E-state index in [1.165, 1.54) is 85.3 Å². The van der Waals surface area contributed by atoms with Crippen molar-refractivity contribution in [3.05, 3.63) is 246 Å². The Morgan fingerprint density at radius 2 is 0.664 bits per heavy atom. The van der Waals surface area contributed by atoms with Crippen LogP contribution < -0.4 is 28.4 Å². The summed E-state index contributed by atoms with van der Waals surface area (Å²) in [6, 6.07) is 71.4. The van der Waals surface area contributed by atoms with Gasteiger partial charge >= 0.3 is 11.9 Å². The van der Waals surface area contributed by atoms with Gasteiger partial charge in [0, 0.05) is 11.8 Å². The number of fused-ring (bicyclic) bond motifs is 1. The number of ether oxygens (including phenoxy) is 10. The Kier molecular flexibility index (Phi) is 93.4. The fourth-order valence-corrected chi connectivity index (χ4v) is 11.9. The van der Waals surface area contributed by atoms with Crippen LogP contribution >= 0.6 is 0 Å². The average Bonchev–Trinajstić information content (AvgIpc) is 0.831. The van der Waals surface area contributed by atoms with E-state index in [1.54, 1.807) is 31.2 Å². The fourth-order valence-electron chi connectivity index (χ4n) is 11.9. The zero-order valence-electron chi connectivity index (χ0n) is 73.8. The molecule has 15 nitrogen and oxygen atoms in total. The van der Waals surface area contributed by atoms with E-state index in [-0.39, 0.29) is 141 Å². The van der Waals surface area contributed by atoms with Gasteiger partial charge < -0.3 is 62.7 Å². The highest BCUT2D eigenvalue weighted by molar-refractivity contribution is 5.88. The maximum absolute atomic E-state index is 10.5. The maximum Gasteiger partial charge on any atom is 0.308 e. The zero-order chi connectivity index (χ0) is 85.7. The van der Waals surface area contributed by atoms with E-state index in [1.807, 2.05) is 162 Å². The molecule has 10 unspecified atom stereocenters. The van der Waals surface area contributed by atoms with Gasteiger partial charge in [-0.05, 0) is 237 Å². The molecule has 1 fully saturated rings. The summed E-state index contributed by atoms with van der Waals surface area (Å²) in [7, 11) is 1.41. The highest BCUT2D eigenvalue weighted by Gasteiger charge is 2.17. The van der Waals surface area contributed by atoms with Gasteiger partial charge in [-0.2, -0.15) is 0 Å². The second-order valence-corrected chi connectivity index (χ2v) is 30.2. The number of benzene rings is 9. The van der Waals surface area contributed by atoms with Crippen LogP contribution in [0.25, 0.3) is 10.8 Å². The molecule has 10 rings (SSSR count). The lowest BCUT2D eigenvalue weighted by atomic mass is 9.87. The summed E-state index contributed by atoms with van der Waals surface area (Å²) >= 11 is 0. The predicted octanol–water partition coefficient (Wildman–Crippen LogP) is 36.3. The van der Waals surface area contributed by atoms with Crippen LogP contribution in [0.5, 0.6) is 51.7 Å². The lowest BCUT2D eigenvalue weighted by molar-refractivity contribution is -0.145. The summed E-state index contributed by atoms with van der Waals surface area (Å²) in [6.07, 6.45) is 15.6. The number of aromatic hydroxyl groups is 2. The third-order valence-electron chi connectivity index (χ3n) is 21.3. The highest BCUT2D eigenvalue weighted by Crippen LogP contribution is 2.31. The summed E-state index contributed by atoms with van der Waals surface area (Å²) in [4.78, 5) is 20.5. The number of methoxy groups -OCH3 is 1. The first kappa shape index (κ1) is 144. The molecule has 131 heavy (non-hydrogen) atoms. The molecule has 0 radical (unpaired) electrons. The Balaban J connectivity index is -0.000000148. The number of carboxylic acid groups (broad SMARTS) is 1. The monoisotopic (exact) mass is 1830 g/mol. The largest absolute Gasteiger partial charge is 0.508 e. The van der Waals surface area contributed by atoms with E-state index in [0.29, 0.717) is 67.5 Å². The van der Waals surface area contributed by atoms with Crippen molar-refractivity contribution in [3.63, 3.8) is 0 Å². The zero-order valence-corrected chi connectivity index (χ0v) is 73.8. The predicted molar refractivity (Wildman–Crippen MR) is 574 cm³/mol. The number of phenols is 2. The van der Waals surface area contributed by atoms with Crippen molar-refractivity contribution in [1.29, 1.82) is 0 Å². The number of hydrogen-bond acceptors (Lipinski definition) is 14. The van der Waals surface area contributed by atoms with Gasteiger partial charge in [0.2, 0.25) is 0 Å². The first-order valence-electron chi connectivity index (χ1n) is 43.0. The molecule has 1 aliphatic carbocycles. The van der Waals surface area contributed by atoms with Crippen molar-refractivity contribution in [2.75, 3.05) is 40.1 Å². The van der Waals surface area contributed by atoms with Crippen molar-refractivity contribution in [3.8, 4) is 51.7 Å². The smallest absolute Gasteiger partial charge is 0.308 e. The molecular formula is C116H198O15. The minimum atomic E-state index is -0.706. The first-order chi connectivity index (χ1) is 56.4. The van der Waals surface area contributed by atoms with E-state index < -0.39 is 5.97 Å². The minimum Gasteiger partial charge on any atom is -0.508 e. The Morgan fingerprint density at radius 3 is 1.02 bits per heavy atom. The average molecular weight is 1830 g/mol. The van der Waals surface area contributed by atoms with Crippen LogP contribution in [-0.4, -0.2) is 86.3 Å². The number of aliphatic carboxylic acids is 1. The molecule has 3 N–H and O–H groups in total. The molecule has 0 spiro atoms. The van der Waals surface area contributed by atoms with Gasteiger partial charge in [0.25, 0.3) is 0 Å². The van der Waals surface area contributed by atoms with Gasteiger partial charge in [-0.3, -0.25) is 9.59 Å². The molecule has 0 aliphatic heterocycles. The Hall–Kier alpha value is -9.54. The Morgan fingerprint density at radius 1 is 0.328 bits per heavy atom. The molecule has 10 atom stereocenters. The number of carbonyl (C=O) groups excluding carboxylic acids is 1. The van der Waals surface area contributed by atoms with Gasteiger partial charge in [-0.1, -0.05) is 355 Å². The molecule has 1 saturated carbocycles. The topological polar surface area (TPSA) is 187 Å². The summed E-state index contributed by atoms with van der Waals surface area (Å²) in [5, 5.41) is 28.5. The van der Waals surface area contributed by atoms with Crippen LogP contribution in [0.3, 0.4) is 0 Å². The van der Waals surface area contributed by atoms with Crippen molar-refractivity contribution in [2.24, 2.45) is 17.8 Å². The molecular weight excluding hydrogens is 1630 g/mol. The number of hydrogen-bond donors (Lipinski definition) is 3. The van der Waals surface area contributed by atoms with Crippen LogP contribution in [0, 0.1) is 17.8 Å². The van der Waals surface area contributed by atoms with E-state index in [2.05, 4.69) is 148 Å².